The zero-order chi connectivity index (χ0) is 44.0. The Hall–Kier alpha value is -6.14. The molecule has 5 rings (SSSR count). The molecule has 0 spiro atoms. The highest BCUT2D eigenvalue weighted by Gasteiger charge is 2.38. The van der Waals surface area contributed by atoms with Gasteiger partial charge in [0.15, 0.2) is 11.4 Å². The maximum Gasteiger partial charge on any atom is 0.296 e. The summed E-state index contributed by atoms with van der Waals surface area (Å²) < 4.78 is 136. The van der Waals surface area contributed by atoms with Crippen LogP contribution in [-0.4, -0.2) is 122 Å². The van der Waals surface area contributed by atoms with Crippen LogP contribution < -0.4 is 15.6 Å². The Morgan fingerprint density at radius 3 is 1.81 bits per heavy atom. The Bertz CT molecular complexity index is 2930. The average molecular weight is 900 g/mol. The zero-order valence-electron chi connectivity index (χ0n) is 29.9. The first-order valence-corrected chi connectivity index (χ1v) is 21.8. The maximum absolute atomic E-state index is 13.8. The van der Waals surface area contributed by atoms with Gasteiger partial charge in [0.2, 0.25) is 11.8 Å². The lowest BCUT2D eigenvalue weighted by molar-refractivity contribution is -0.125. The van der Waals surface area contributed by atoms with Crippen molar-refractivity contribution in [1.29, 1.82) is 0 Å². The molecule has 314 valence electrons. The molecule has 3 heterocycles. The summed E-state index contributed by atoms with van der Waals surface area (Å²) in [6.45, 7) is 0.0580. The van der Waals surface area contributed by atoms with Gasteiger partial charge in [-0.05, 0) is 67.1 Å². The van der Waals surface area contributed by atoms with E-state index < -0.39 is 123 Å². The molecule has 1 saturated heterocycles. The molecule has 0 atom stereocenters. The third-order valence-electron chi connectivity index (χ3n) is 8.35. The van der Waals surface area contributed by atoms with Crippen LogP contribution >= 0.6 is 0 Å². The van der Waals surface area contributed by atoms with E-state index in [1.807, 2.05) is 0 Å². The predicted molar refractivity (Wildman–Crippen MR) is 199 cm³/mol. The molecule has 2 aliphatic rings. The van der Waals surface area contributed by atoms with Crippen molar-refractivity contribution in [2.75, 3.05) is 25.6 Å². The van der Waals surface area contributed by atoms with Crippen LogP contribution in [-0.2, 0) is 54.9 Å². The summed E-state index contributed by atoms with van der Waals surface area (Å²) in [7, 11) is -18.1. The van der Waals surface area contributed by atoms with Gasteiger partial charge in [0.1, 0.15) is 9.79 Å². The second-order valence-electron chi connectivity index (χ2n) is 12.0. The largest absolute Gasteiger partial charge is 0.493 e. The third-order valence-corrected chi connectivity index (χ3v) is 11.9. The molecule has 1 aromatic heterocycles. The van der Waals surface area contributed by atoms with Gasteiger partial charge in [-0.3, -0.25) is 37.4 Å². The maximum atomic E-state index is 13.8. The van der Waals surface area contributed by atoms with Gasteiger partial charge < -0.3 is 20.6 Å². The van der Waals surface area contributed by atoms with Crippen molar-refractivity contribution in [3.8, 4) is 11.6 Å². The van der Waals surface area contributed by atoms with Crippen LogP contribution in [0.25, 0.3) is 11.8 Å². The fourth-order valence-electron chi connectivity index (χ4n) is 5.62. The second-order valence-corrected chi connectivity index (χ2v) is 17.7. The number of hydrogen-bond donors (Lipinski definition) is 7. The number of carbonyl (C=O) groups excluding carboxylic acids is 4. The Kier molecular flexibility index (Phi) is 11.8. The molecule has 0 aliphatic carbocycles. The Morgan fingerprint density at radius 2 is 1.32 bits per heavy atom. The van der Waals surface area contributed by atoms with Crippen LogP contribution in [0, 0.1) is 0 Å². The quantitative estimate of drug-likeness (QED) is 0.0685. The lowest BCUT2D eigenvalue weighted by Gasteiger charge is -2.17. The summed E-state index contributed by atoms with van der Waals surface area (Å²) in [5.74, 6) is -4.85. The number of amides is 4. The average Bonchev–Trinajstić information content (AvgIpc) is 3.83. The molecule has 1 fully saturated rings. The number of allylic oxidation sites excluding steroid dienone is 3. The van der Waals surface area contributed by atoms with E-state index in [0.29, 0.717) is 47.5 Å². The number of likely N-dealkylation sites (tertiary alicyclic amines) is 1. The van der Waals surface area contributed by atoms with E-state index in [2.05, 4.69) is 20.8 Å². The first kappa shape index (κ1) is 44.0. The van der Waals surface area contributed by atoms with E-state index >= 15 is 0 Å². The molecule has 2 aromatic carbocycles. The normalized spacial score (nSPS) is 16.3. The van der Waals surface area contributed by atoms with Crippen LogP contribution in [0.2, 0.25) is 0 Å². The van der Waals surface area contributed by atoms with Crippen molar-refractivity contribution in [3.63, 3.8) is 0 Å². The number of hydrazone groups is 1. The minimum atomic E-state index is -5.20. The number of hydrogen-bond acceptors (Lipinski definition) is 15. The summed E-state index contributed by atoms with van der Waals surface area (Å²) >= 11 is 0. The van der Waals surface area contributed by atoms with Crippen LogP contribution in [0.3, 0.4) is 0 Å². The van der Waals surface area contributed by atoms with Crippen molar-refractivity contribution in [2.45, 2.75) is 32.4 Å². The van der Waals surface area contributed by atoms with Crippen molar-refractivity contribution >= 4 is 81.6 Å². The van der Waals surface area contributed by atoms with Gasteiger partial charge in [0.05, 0.1) is 32.3 Å². The van der Waals surface area contributed by atoms with Gasteiger partial charge in [-0.2, -0.15) is 53.6 Å². The number of rotatable bonds is 12. The van der Waals surface area contributed by atoms with E-state index in [1.54, 1.807) is 0 Å². The molecule has 0 saturated carbocycles. The number of nitrogens with zero attached hydrogens (tertiary/aromatic N) is 5. The summed E-state index contributed by atoms with van der Waals surface area (Å²) in [6, 6.07) is 3.38. The van der Waals surface area contributed by atoms with Gasteiger partial charge in [-0.1, -0.05) is 0 Å². The standard InChI is InChI=1S/C31H29N7O17S4/c1-32-28(40)26-19(30(42)37(34-26)21-14-17(56(44,45)46)7-11-23(21)58(50,51)52)9-5-16(36-13-3-4-25(36)39)6-10-20-27(29(41)33-2)35-38(31(20)43)22-15-18(57(47,48)49)8-12-24(22)59(53,54)55/h5-12,14-15,42H,3-4,13H2,1-2H3,(H,32,40)(H,33,41)(H,44,45,46)(H,47,48,49)(H,50,51,52)(H,53,54,55)/b9-5?,16-6?,20-10-. The molecule has 24 nitrogen and oxygen atoms in total. The third kappa shape index (κ3) is 8.97. The lowest BCUT2D eigenvalue weighted by atomic mass is 10.1. The number of carbonyl (C=O) groups is 4. The van der Waals surface area contributed by atoms with Gasteiger partial charge in [0.25, 0.3) is 58.2 Å². The van der Waals surface area contributed by atoms with E-state index in [9.17, 15) is 76.2 Å². The number of aromatic hydroxyl groups is 1. The summed E-state index contributed by atoms with van der Waals surface area (Å²) in [5.41, 5.74) is -4.28. The van der Waals surface area contributed by atoms with Crippen LogP contribution in [0.5, 0.6) is 5.88 Å². The Morgan fingerprint density at radius 1 is 0.780 bits per heavy atom. The van der Waals surface area contributed by atoms with Crippen molar-refractivity contribution in [2.24, 2.45) is 5.10 Å². The number of nitrogens with one attached hydrogen (secondary N) is 2. The Labute approximate surface area is 333 Å². The fourth-order valence-corrected chi connectivity index (χ4v) is 7.92. The van der Waals surface area contributed by atoms with Crippen LogP contribution in [0.15, 0.2) is 90.6 Å². The number of benzene rings is 2. The highest BCUT2D eigenvalue weighted by atomic mass is 32.2. The molecule has 0 unspecified atom stereocenters. The molecular formula is C31H29N7O17S4. The molecule has 3 aromatic rings. The first-order valence-electron chi connectivity index (χ1n) is 16.1. The van der Waals surface area contributed by atoms with Gasteiger partial charge in [-0.25, -0.2) is 0 Å². The molecule has 4 amide bonds. The van der Waals surface area contributed by atoms with Crippen molar-refractivity contribution < 1.29 is 76.2 Å². The molecule has 7 N–H and O–H groups in total. The Balaban J connectivity index is 1.70. The van der Waals surface area contributed by atoms with Gasteiger partial charge >= 0.3 is 0 Å². The molecule has 28 heteroatoms. The first-order chi connectivity index (χ1) is 27.3. The predicted octanol–water partition coefficient (Wildman–Crippen LogP) is -0.481. The molecule has 59 heavy (non-hydrogen) atoms. The van der Waals surface area contributed by atoms with Crippen LogP contribution in [0.1, 0.15) is 28.9 Å². The summed E-state index contributed by atoms with van der Waals surface area (Å²) in [4.78, 5) is 49.9. The van der Waals surface area contributed by atoms with Crippen molar-refractivity contribution in [1.82, 2.24) is 25.3 Å². The topological polar surface area (TPSA) is 367 Å². The van der Waals surface area contributed by atoms with E-state index in [1.165, 1.54) is 4.90 Å². The lowest BCUT2D eigenvalue weighted by Crippen LogP contribution is -2.29. The SMILES string of the molecule is CNC(=O)C1=NN(c2cc(S(=O)(=O)O)ccc2S(=O)(=O)O)C(=O)/C1=C\C=C(C=Cc1c(C(=O)NC)nn(-c2cc(S(=O)(=O)O)ccc2S(=O)(=O)O)c1O)N1CCCC1=O. The van der Waals surface area contributed by atoms with Gasteiger partial charge in [-0.15, -0.1) is 0 Å². The van der Waals surface area contributed by atoms with E-state index in [4.69, 9.17) is 0 Å². The van der Waals surface area contributed by atoms with Crippen LogP contribution in [0.4, 0.5) is 5.69 Å². The highest BCUT2D eigenvalue weighted by Crippen LogP contribution is 2.34. The molecular weight excluding hydrogens is 871 g/mol. The molecule has 0 radical (unpaired) electrons. The minimum absolute atomic E-state index is 0.0249. The number of aromatic nitrogens is 2. The van der Waals surface area contributed by atoms with Crippen molar-refractivity contribution in [3.05, 3.63) is 77.2 Å². The smallest absolute Gasteiger partial charge is 0.296 e. The highest BCUT2D eigenvalue weighted by molar-refractivity contribution is 7.87. The number of anilines is 1. The minimum Gasteiger partial charge on any atom is -0.493 e. The second kappa shape index (κ2) is 15.9. The zero-order valence-corrected chi connectivity index (χ0v) is 33.2. The van der Waals surface area contributed by atoms with Gasteiger partial charge in [0, 0.05) is 32.8 Å². The van der Waals surface area contributed by atoms with E-state index in [-0.39, 0.29) is 23.7 Å². The monoisotopic (exact) mass is 899 g/mol. The summed E-state index contributed by atoms with van der Waals surface area (Å²) in [6.07, 6.45) is 4.47. The fraction of sp³-hybridized carbons (Fsp3) is 0.161. The van der Waals surface area contributed by atoms with E-state index in [0.717, 1.165) is 38.4 Å². The summed E-state index contributed by atoms with van der Waals surface area (Å²) in [5, 5.41) is 23.7. The molecule has 2 aliphatic heterocycles. The molecule has 0 bridgehead atoms.